The number of likely N-dealkylation sites (tertiary alicyclic amines) is 2. The number of fused-ring (bicyclic) bond motifs is 2. The first-order chi connectivity index (χ1) is 22.7. The molecule has 1 N–H and O–H groups in total. The maximum absolute atomic E-state index is 6.01. The second-order valence-corrected chi connectivity index (χ2v) is 12.7. The fraction of sp³-hybridized carbons (Fsp3) is 0.333. The van der Waals surface area contributed by atoms with Gasteiger partial charge in [0.2, 0.25) is 0 Å². The van der Waals surface area contributed by atoms with Crippen LogP contribution in [-0.4, -0.2) is 78.0 Å². The molecule has 2 saturated heterocycles. The van der Waals surface area contributed by atoms with E-state index >= 15 is 0 Å². The summed E-state index contributed by atoms with van der Waals surface area (Å²) in [4.78, 5) is 18.4. The van der Waals surface area contributed by atoms with Gasteiger partial charge >= 0.3 is 0 Å². The largest absolute Gasteiger partial charge is 0.492 e. The average Bonchev–Trinajstić information content (AvgIpc) is 3.92. The van der Waals surface area contributed by atoms with Gasteiger partial charge in [0.15, 0.2) is 0 Å². The minimum absolute atomic E-state index is 0.726. The summed E-state index contributed by atoms with van der Waals surface area (Å²) in [7, 11) is 0. The lowest BCUT2D eigenvalue weighted by molar-refractivity contribution is 0.237. The number of benzene rings is 4. The fourth-order valence-electron chi connectivity index (χ4n) is 6.91. The number of ether oxygens (including phenoxy) is 2. The van der Waals surface area contributed by atoms with Crippen LogP contribution in [0.3, 0.4) is 0 Å². The molecule has 0 spiro atoms. The van der Waals surface area contributed by atoms with Gasteiger partial charge < -0.3 is 14.5 Å². The summed E-state index contributed by atoms with van der Waals surface area (Å²) in [6, 6.07) is 29.7. The molecule has 0 aliphatic carbocycles. The van der Waals surface area contributed by atoms with E-state index in [0.717, 1.165) is 94.7 Å². The number of aromatic amines is 1. The van der Waals surface area contributed by atoms with Crippen molar-refractivity contribution in [3.05, 3.63) is 96.1 Å². The Balaban J connectivity index is 0.918. The third-order valence-corrected chi connectivity index (χ3v) is 9.58. The van der Waals surface area contributed by atoms with E-state index in [1.807, 2.05) is 12.1 Å². The number of rotatable bonds is 11. The van der Waals surface area contributed by atoms with Gasteiger partial charge in [0.05, 0.1) is 22.4 Å². The number of aromatic nitrogens is 2. The molecule has 0 atom stereocenters. The summed E-state index contributed by atoms with van der Waals surface area (Å²) in [5, 5.41) is 0. The zero-order chi connectivity index (χ0) is 30.7. The Hall–Kier alpha value is -4.46. The van der Waals surface area contributed by atoms with Crippen LogP contribution in [0.15, 0.2) is 89.9 Å². The molecule has 0 saturated carbocycles. The second-order valence-electron chi connectivity index (χ2n) is 12.7. The molecule has 46 heavy (non-hydrogen) atoms. The zero-order valence-corrected chi connectivity index (χ0v) is 26.4. The molecule has 7 heteroatoms. The molecule has 3 aliphatic heterocycles. The number of hydrogen-bond acceptors (Lipinski definition) is 6. The average molecular weight is 612 g/mol. The van der Waals surface area contributed by atoms with E-state index in [1.165, 1.54) is 57.4 Å². The van der Waals surface area contributed by atoms with Gasteiger partial charge in [-0.3, -0.25) is 14.8 Å². The molecule has 4 aromatic carbocycles. The highest BCUT2D eigenvalue weighted by atomic mass is 16.5. The SMILES string of the molecule is c1cc(C2=Nc3cc(-c4ccc5nc(-c6ccc(OCCN7CCCC7)cc6)[nH]c5c4)ccc3C2)ccc1OCCN1CCCC1. The Kier molecular flexibility index (Phi) is 8.26. The fourth-order valence-corrected chi connectivity index (χ4v) is 6.91. The first kappa shape index (κ1) is 29.0. The van der Waals surface area contributed by atoms with Crippen molar-refractivity contribution in [1.29, 1.82) is 0 Å². The summed E-state index contributed by atoms with van der Waals surface area (Å²) in [5.41, 5.74) is 9.88. The molecule has 5 aromatic rings. The lowest BCUT2D eigenvalue weighted by Crippen LogP contribution is -2.25. The number of nitrogens with zero attached hydrogens (tertiary/aromatic N) is 4. The molecule has 0 bridgehead atoms. The summed E-state index contributed by atoms with van der Waals surface area (Å²) < 4.78 is 12.0. The minimum atomic E-state index is 0.726. The predicted octanol–water partition coefficient (Wildman–Crippen LogP) is 7.52. The van der Waals surface area contributed by atoms with Crippen LogP contribution in [0.2, 0.25) is 0 Å². The molecule has 0 radical (unpaired) electrons. The monoisotopic (exact) mass is 611 g/mol. The van der Waals surface area contributed by atoms with Crippen molar-refractivity contribution >= 4 is 22.4 Å². The van der Waals surface area contributed by atoms with Crippen molar-refractivity contribution in [2.75, 3.05) is 52.5 Å². The maximum Gasteiger partial charge on any atom is 0.138 e. The molecule has 1 aromatic heterocycles. The topological polar surface area (TPSA) is 66.0 Å². The van der Waals surface area contributed by atoms with Gasteiger partial charge in [-0.05, 0) is 141 Å². The minimum Gasteiger partial charge on any atom is -0.492 e. The lowest BCUT2D eigenvalue weighted by atomic mass is 10.00. The van der Waals surface area contributed by atoms with Gasteiger partial charge in [-0.15, -0.1) is 0 Å². The highest BCUT2D eigenvalue weighted by Crippen LogP contribution is 2.35. The molecule has 3 aliphatic rings. The zero-order valence-electron chi connectivity index (χ0n) is 26.4. The molecule has 0 amide bonds. The Morgan fingerprint density at radius 3 is 1.83 bits per heavy atom. The lowest BCUT2D eigenvalue weighted by Gasteiger charge is -2.15. The van der Waals surface area contributed by atoms with Crippen molar-refractivity contribution in [3.8, 4) is 34.0 Å². The van der Waals surface area contributed by atoms with Crippen LogP contribution in [0.25, 0.3) is 33.5 Å². The summed E-state index contributed by atoms with van der Waals surface area (Å²) in [6.45, 7) is 8.26. The van der Waals surface area contributed by atoms with Crippen molar-refractivity contribution in [2.24, 2.45) is 4.99 Å². The van der Waals surface area contributed by atoms with Gasteiger partial charge in [0.25, 0.3) is 0 Å². The van der Waals surface area contributed by atoms with E-state index in [0.29, 0.717) is 0 Å². The molecular weight excluding hydrogens is 570 g/mol. The Morgan fingerprint density at radius 1 is 0.609 bits per heavy atom. The Bertz CT molecular complexity index is 1830. The van der Waals surface area contributed by atoms with Crippen LogP contribution >= 0.6 is 0 Å². The molecule has 8 rings (SSSR count). The number of aliphatic imine (C=N–C) groups is 1. The third kappa shape index (κ3) is 6.43. The summed E-state index contributed by atoms with van der Waals surface area (Å²) in [5.74, 6) is 2.69. The molecule has 4 heterocycles. The quantitative estimate of drug-likeness (QED) is 0.167. The van der Waals surface area contributed by atoms with Gasteiger partial charge in [-0.2, -0.15) is 0 Å². The van der Waals surface area contributed by atoms with Crippen LogP contribution in [0.1, 0.15) is 36.8 Å². The second kappa shape index (κ2) is 13.1. The third-order valence-electron chi connectivity index (χ3n) is 9.58. The molecule has 2 fully saturated rings. The van der Waals surface area contributed by atoms with E-state index in [9.17, 15) is 0 Å². The number of H-pyrrole nitrogens is 1. The van der Waals surface area contributed by atoms with Crippen molar-refractivity contribution in [3.63, 3.8) is 0 Å². The Morgan fingerprint density at radius 2 is 1.17 bits per heavy atom. The highest BCUT2D eigenvalue weighted by molar-refractivity contribution is 6.07. The van der Waals surface area contributed by atoms with Gasteiger partial charge in [0.1, 0.15) is 30.5 Å². The summed E-state index contributed by atoms with van der Waals surface area (Å²) in [6.07, 6.45) is 6.08. The highest BCUT2D eigenvalue weighted by Gasteiger charge is 2.18. The van der Waals surface area contributed by atoms with Crippen LogP contribution < -0.4 is 9.47 Å². The van der Waals surface area contributed by atoms with E-state index in [4.69, 9.17) is 19.5 Å². The van der Waals surface area contributed by atoms with Crippen molar-refractivity contribution < 1.29 is 9.47 Å². The van der Waals surface area contributed by atoms with Crippen LogP contribution in [0, 0.1) is 0 Å². The van der Waals surface area contributed by atoms with E-state index in [1.54, 1.807) is 0 Å². The summed E-state index contributed by atoms with van der Waals surface area (Å²) >= 11 is 0. The number of imidazole rings is 1. The van der Waals surface area contributed by atoms with Gasteiger partial charge in [0, 0.05) is 25.1 Å². The normalized spacial score (nSPS) is 16.7. The molecule has 234 valence electrons. The molecule has 0 unspecified atom stereocenters. The van der Waals surface area contributed by atoms with E-state index in [2.05, 4.69) is 87.6 Å². The van der Waals surface area contributed by atoms with Crippen LogP contribution in [-0.2, 0) is 6.42 Å². The number of hydrogen-bond donors (Lipinski definition) is 1. The van der Waals surface area contributed by atoms with Crippen molar-refractivity contribution in [2.45, 2.75) is 32.1 Å². The number of nitrogens with one attached hydrogen (secondary N) is 1. The van der Waals surface area contributed by atoms with E-state index in [-0.39, 0.29) is 0 Å². The maximum atomic E-state index is 6.01. The van der Waals surface area contributed by atoms with Crippen LogP contribution in [0.4, 0.5) is 5.69 Å². The van der Waals surface area contributed by atoms with E-state index < -0.39 is 0 Å². The van der Waals surface area contributed by atoms with Crippen LogP contribution in [0.5, 0.6) is 11.5 Å². The smallest absolute Gasteiger partial charge is 0.138 e. The standard InChI is InChI=1S/C39H41N5O2/c1-2-18-43(17-1)21-23-45-33-12-7-28(8-13-33)36-27-32-6-5-30(25-37(32)40-36)31-11-16-35-38(26-31)42-39(41-35)29-9-14-34(15-10-29)46-24-22-44-19-3-4-20-44/h5-16,25-26H,1-4,17-24,27H2,(H,41,42). The first-order valence-corrected chi connectivity index (χ1v) is 16.9. The predicted molar refractivity (Wildman–Crippen MR) is 186 cm³/mol. The van der Waals surface area contributed by atoms with Gasteiger partial charge in [-0.1, -0.05) is 18.2 Å². The molecule has 7 nitrogen and oxygen atoms in total. The molecular formula is C39H41N5O2. The van der Waals surface area contributed by atoms with Crippen molar-refractivity contribution in [1.82, 2.24) is 19.8 Å². The Labute approximate surface area is 270 Å². The van der Waals surface area contributed by atoms with Gasteiger partial charge in [-0.25, -0.2) is 4.98 Å². The first-order valence-electron chi connectivity index (χ1n) is 16.9.